The van der Waals surface area contributed by atoms with E-state index in [9.17, 15) is 45.1 Å². The minimum Gasteiger partial charge on any atom is -0.744 e. The van der Waals surface area contributed by atoms with E-state index >= 15 is 0 Å². The van der Waals surface area contributed by atoms with Gasteiger partial charge in [-0.25, -0.2) is 36.0 Å². The van der Waals surface area contributed by atoms with Crippen molar-refractivity contribution in [3.63, 3.8) is 0 Å². The van der Waals surface area contributed by atoms with Crippen molar-refractivity contribution >= 4 is 67.2 Å². The van der Waals surface area contributed by atoms with Crippen molar-refractivity contribution in [2.75, 3.05) is 28.4 Å². The number of carbonyl (C=O) groups is 4. The number of carbonyl (C=O) groups excluding carboxylic acids is 4. The fourth-order valence-corrected chi connectivity index (χ4v) is 3.89. The first-order valence-corrected chi connectivity index (χ1v) is 12.0. The van der Waals surface area contributed by atoms with Crippen LogP contribution in [0.15, 0.2) is 46.2 Å². The van der Waals surface area contributed by atoms with E-state index in [2.05, 4.69) is 18.9 Å². The van der Waals surface area contributed by atoms with Crippen LogP contribution in [0.5, 0.6) is 0 Å². The van der Waals surface area contributed by atoms with Gasteiger partial charge in [0.25, 0.3) is 0 Å². The fourth-order valence-electron chi connectivity index (χ4n) is 2.51. The van der Waals surface area contributed by atoms with E-state index in [-0.39, 0.29) is 34.2 Å². The minimum absolute atomic E-state index is 0. The van der Waals surface area contributed by atoms with Crippen LogP contribution in [0, 0.1) is 0 Å². The molecule has 0 N–H and O–H groups in total. The van der Waals surface area contributed by atoms with Crippen LogP contribution in [-0.2, 0) is 39.2 Å². The SMILES string of the molecule is COC(=O)c1ccc(C(=O)OC)c(S(=O)(=O)[O-])c1.COC(=O)c1ccc(C(=O)OC)c(S(=O)(=O)[O-])c1.[Mg+2]. The van der Waals surface area contributed by atoms with Gasteiger partial charge in [-0.1, -0.05) is 0 Å². The molecule has 0 bridgehead atoms. The molecule has 0 amide bonds. The summed E-state index contributed by atoms with van der Waals surface area (Å²) in [5.74, 6) is -3.62. The molecule has 0 heterocycles. The van der Waals surface area contributed by atoms with Crippen LogP contribution in [-0.4, -0.2) is 101 Å². The average Bonchev–Trinajstić information content (AvgIpc) is 2.85. The van der Waals surface area contributed by atoms with Crippen molar-refractivity contribution in [3.05, 3.63) is 58.7 Å². The summed E-state index contributed by atoms with van der Waals surface area (Å²) in [6, 6.07) is 5.91. The van der Waals surface area contributed by atoms with Crippen LogP contribution in [0.25, 0.3) is 0 Å². The van der Waals surface area contributed by atoms with Gasteiger partial charge in [0.15, 0.2) is 0 Å². The fraction of sp³-hybridized carbons (Fsp3) is 0.200. The Morgan fingerprint density at radius 1 is 0.568 bits per heavy atom. The van der Waals surface area contributed by atoms with Gasteiger partial charge in [0.1, 0.15) is 20.2 Å². The van der Waals surface area contributed by atoms with E-state index in [0.29, 0.717) is 0 Å². The third kappa shape index (κ3) is 9.06. The largest absolute Gasteiger partial charge is 2.00 e. The van der Waals surface area contributed by atoms with Crippen molar-refractivity contribution in [2.45, 2.75) is 9.79 Å². The molecule has 0 atom stereocenters. The molecule has 17 heteroatoms. The number of hydrogen-bond acceptors (Lipinski definition) is 14. The molecule has 14 nitrogen and oxygen atoms in total. The van der Waals surface area contributed by atoms with E-state index in [4.69, 9.17) is 0 Å². The van der Waals surface area contributed by atoms with Crippen molar-refractivity contribution < 1.29 is 64.1 Å². The third-order valence-corrected chi connectivity index (χ3v) is 5.91. The van der Waals surface area contributed by atoms with Gasteiger partial charge >= 0.3 is 46.9 Å². The molecule has 0 radical (unpaired) electrons. The van der Waals surface area contributed by atoms with Gasteiger partial charge in [-0.05, 0) is 36.4 Å². The van der Waals surface area contributed by atoms with E-state index in [1.165, 1.54) is 0 Å². The van der Waals surface area contributed by atoms with Gasteiger partial charge in [0.05, 0.1) is 60.5 Å². The standard InChI is InChI=1S/2C10H10O7S.Mg/c2*1-16-9(11)6-3-4-7(10(12)17-2)8(5-6)18(13,14)15;/h2*3-5H,1-2H3,(H,13,14,15);/q;;+2/p-2. The Labute approximate surface area is 227 Å². The summed E-state index contributed by atoms with van der Waals surface area (Å²) in [6.45, 7) is 0. The molecular formula is C20H18MgO14S2. The smallest absolute Gasteiger partial charge is 0.744 e. The summed E-state index contributed by atoms with van der Waals surface area (Å²) < 4.78 is 83.6. The van der Waals surface area contributed by atoms with Crippen LogP contribution in [0.3, 0.4) is 0 Å². The molecule has 2 aromatic rings. The predicted molar refractivity (Wildman–Crippen MR) is 120 cm³/mol. The Morgan fingerprint density at radius 3 is 1.05 bits per heavy atom. The summed E-state index contributed by atoms with van der Waals surface area (Å²) in [7, 11) is -5.55. The summed E-state index contributed by atoms with van der Waals surface area (Å²) in [4.78, 5) is 43.4. The summed E-state index contributed by atoms with van der Waals surface area (Å²) >= 11 is 0. The Hall–Kier alpha value is -3.09. The number of methoxy groups -OCH3 is 4. The van der Waals surface area contributed by atoms with Gasteiger partial charge in [-0.2, -0.15) is 0 Å². The molecule has 0 aliphatic rings. The summed E-state index contributed by atoms with van der Waals surface area (Å²) in [5.41, 5.74) is -1.17. The van der Waals surface area contributed by atoms with Crippen LogP contribution < -0.4 is 0 Å². The van der Waals surface area contributed by atoms with Crippen molar-refractivity contribution in [1.82, 2.24) is 0 Å². The number of ether oxygens (including phenoxy) is 4. The number of hydrogen-bond donors (Lipinski definition) is 0. The molecule has 0 aliphatic heterocycles. The predicted octanol–water partition coefficient (Wildman–Crippen LogP) is -0.0530. The summed E-state index contributed by atoms with van der Waals surface area (Å²) in [6.07, 6.45) is 0. The zero-order valence-electron chi connectivity index (χ0n) is 19.7. The van der Waals surface area contributed by atoms with Gasteiger partial charge in [0.2, 0.25) is 0 Å². The van der Waals surface area contributed by atoms with Gasteiger partial charge in [0, 0.05) is 0 Å². The Kier molecular flexibility index (Phi) is 12.8. The van der Waals surface area contributed by atoms with E-state index in [1.807, 2.05) is 0 Å². The zero-order chi connectivity index (χ0) is 27.8. The first-order chi connectivity index (χ1) is 16.6. The molecule has 0 aliphatic carbocycles. The maximum atomic E-state index is 11.3. The minimum atomic E-state index is -4.91. The molecule has 0 fully saturated rings. The van der Waals surface area contributed by atoms with Gasteiger partial charge in [-0.3, -0.25) is 0 Å². The molecule has 2 aromatic carbocycles. The first kappa shape index (κ1) is 33.9. The molecule has 0 unspecified atom stereocenters. The number of benzene rings is 2. The van der Waals surface area contributed by atoms with Crippen molar-refractivity contribution in [2.24, 2.45) is 0 Å². The second-order valence-electron chi connectivity index (χ2n) is 6.30. The maximum absolute atomic E-state index is 11.3. The third-order valence-electron chi connectivity index (χ3n) is 4.15. The molecule has 0 aromatic heterocycles. The van der Waals surface area contributed by atoms with Gasteiger partial charge in [-0.15, -0.1) is 0 Å². The molecule has 2 rings (SSSR count). The summed E-state index contributed by atoms with van der Waals surface area (Å²) in [5, 5.41) is 0. The van der Waals surface area contributed by atoms with Crippen molar-refractivity contribution in [3.8, 4) is 0 Å². The van der Waals surface area contributed by atoms with Crippen molar-refractivity contribution in [1.29, 1.82) is 0 Å². The second-order valence-corrected chi connectivity index (χ2v) is 8.99. The second kappa shape index (κ2) is 14.0. The zero-order valence-corrected chi connectivity index (χ0v) is 22.8. The van der Waals surface area contributed by atoms with E-state index < -0.39 is 65.0 Å². The average molecular weight is 571 g/mol. The molecule has 37 heavy (non-hydrogen) atoms. The normalized spacial score (nSPS) is 10.5. The number of esters is 4. The maximum Gasteiger partial charge on any atom is 2.00 e. The Morgan fingerprint density at radius 2 is 0.838 bits per heavy atom. The van der Waals surface area contributed by atoms with E-state index in [0.717, 1.165) is 64.8 Å². The topological polar surface area (TPSA) is 220 Å². The van der Waals surface area contributed by atoms with Crippen LogP contribution in [0.4, 0.5) is 0 Å². The van der Waals surface area contributed by atoms with Crippen LogP contribution in [0.1, 0.15) is 41.4 Å². The quantitative estimate of drug-likeness (QED) is 0.192. The van der Waals surface area contributed by atoms with Crippen LogP contribution in [0.2, 0.25) is 0 Å². The molecular weight excluding hydrogens is 553 g/mol. The van der Waals surface area contributed by atoms with Gasteiger partial charge < -0.3 is 28.1 Å². The number of rotatable bonds is 6. The van der Waals surface area contributed by atoms with E-state index in [1.54, 1.807) is 0 Å². The molecule has 0 saturated heterocycles. The Bertz CT molecular complexity index is 1290. The molecule has 196 valence electrons. The molecule has 0 saturated carbocycles. The monoisotopic (exact) mass is 570 g/mol. The van der Waals surface area contributed by atoms with Crippen LogP contribution >= 0.6 is 0 Å². The first-order valence-electron chi connectivity index (χ1n) is 9.15. The Balaban J connectivity index is 0.000000682. The molecule has 0 spiro atoms.